The van der Waals surface area contributed by atoms with Gasteiger partial charge < -0.3 is 10.2 Å². The third kappa shape index (κ3) is 15.8. The van der Waals surface area contributed by atoms with Gasteiger partial charge in [-0.25, -0.2) is 19.4 Å². The fraction of sp³-hybridized carbons (Fsp3) is 0. The molecule has 0 atom stereocenters. The van der Waals surface area contributed by atoms with Crippen LogP contribution < -0.4 is 0 Å². The average molecular weight is 170 g/mol. The second-order valence-electron chi connectivity index (χ2n) is 0.698. The summed E-state index contributed by atoms with van der Waals surface area (Å²) in [7, 11) is 0. The Balaban J connectivity index is -0.000000245. The molecule has 10 heavy (non-hydrogen) atoms. The Kier molecular flexibility index (Phi) is 16.1. The molecule has 0 radical (unpaired) electrons. The molecule has 0 aromatic carbocycles. The van der Waals surface area contributed by atoms with Gasteiger partial charge in [0, 0.05) is 0 Å². The molecule has 50 valence electrons. The van der Waals surface area contributed by atoms with Crippen LogP contribution in [0, 0.1) is 0 Å². The molecule has 0 fully saturated rings. The molecular formula is C2H4Na2O6. The van der Waals surface area contributed by atoms with E-state index in [1.165, 1.54) is 0 Å². The van der Waals surface area contributed by atoms with Crippen LogP contribution in [0.4, 0.5) is 9.59 Å². The Bertz CT molecular complexity index is 98.3. The van der Waals surface area contributed by atoms with Gasteiger partial charge >= 0.3 is 71.4 Å². The Morgan fingerprint density at radius 2 is 1.10 bits per heavy atom. The summed E-state index contributed by atoms with van der Waals surface area (Å²) in [6.45, 7) is 0. The Labute approximate surface area is 100.0 Å². The van der Waals surface area contributed by atoms with E-state index >= 15 is 0 Å². The van der Waals surface area contributed by atoms with Crippen LogP contribution in [0.15, 0.2) is 0 Å². The summed E-state index contributed by atoms with van der Waals surface area (Å²) in [5.41, 5.74) is 0. The van der Waals surface area contributed by atoms with Gasteiger partial charge in [-0.15, -0.1) is 0 Å². The molecule has 0 aromatic heterocycles. The van der Waals surface area contributed by atoms with E-state index in [2.05, 4.69) is 9.78 Å². The molecule has 0 rings (SSSR count). The summed E-state index contributed by atoms with van der Waals surface area (Å²) in [5.74, 6) is 0. The predicted octanol–water partition coefficient (Wildman–Crippen LogP) is -1.01. The van der Waals surface area contributed by atoms with Gasteiger partial charge in [-0.3, -0.25) is 0 Å². The van der Waals surface area contributed by atoms with Crippen LogP contribution in [0.25, 0.3) is 0 Å². The first-order chi connectivity index (χ1) is 3.63. The summed E-state index contributed by atoms with van der Waals surface area (Å²) in [6, 6.07) is 0. The topological polar surface area (TPSA) is 93.1 Å². The predicted molar refractivity (Wildman–Crippen MR) is 32.5 cm³/mol. The minimum absolute atomic E-state index is 0. The van der Waals surface area contributed by atoms with Gasteiger partial charge in [-0.1, -0.05) is 0 Å². The van der Waals surface area contributed by atoms with Gasteiger partial charge in [0.1, 0.15) is 0 Å². The summed E-state index contributed by atoms with van der Waals surface area (Å²) in [4.78, 5) is 24.8. The third-order valence-corrected chi connectivity index (χ3v) is 0.184. The third-order valence-electron chi connectivity index (χ3n) is 0.184. The van der Waals surface area contributed by atoms with Crippen molar-refractivity contribution in [3.63, 3.8) is 0 Å². The number of carboxylic acid groups (broad SMARTS) is 2. The molecule has 0 amide bonds. The van der Waals surface area contributed by atoms with Gasteiger partial charge in [0.15, 0.2) is 0 Å². The van der Waals surface area contributed by atoms with Crippen molar-refractivity contribution in [2.24, 2.45) is 0 Å². The van der Waals surface area contributed by atoms with E-state index in [9.17, 15) is 9.59 Å². The van der Waals surface area contributed by atoms with Gasteiger partial charge in [-0.2, -0.15) is 0 Å². The maximum absolute atomic E-state index is 9.29. The summed E-state index contributed by atoms with van der Waals surface area (Å²) >= 11 is 0. The molecule has 8 heteroatoms. The van der Waals surface area contributed by atoms with Crippen molar-refractivity contribution in [2.75, 3.05) is 0 Å². The zero-order chi connectivity index (χ0) is 6.57. The van der Waals surface area contributed by atoms with Gasteiger partial charge in [0.2, 0.25) is 0 Å². The van der Waals surface area contributed by atoms with E-state index in [-0.39, 0.29) is 59.1 Å². The van der Waals surface area contributed by atoms with E-state index in [4.69, 9.17) is 10.2 Å². The van der Waals surface area contributed by atoms with Crippen LogP contribution in [0.1, 0.15) is 0 Å². The fourth-order valence-electron chi connectivity index (χ4n) is 0.0713. The first-order valence-corrected chi connectivity index (χ1v) is 1.43. The monoisotopic (exact) mass is 170 g/mol. The van der Waals surface area contributed by atoms with Gasteiger partial charge in [-0.05, 0) is 0 Å². The van der Waals surface area contributed by atoms with E-state index in [0.29, 0.717) is 0 Å². The quantitative estimate of drug-likeness (QED) is 0.275. The van der Waals surface area contributed by atoms with Crippen molar-refractivity contribution in [2.45, 2.75) is 0 Å². The van der Waals surface area contributed by atoms with Crippen LogP contribution in [-0.4, -0.2) is 81.6 Å². The number of hydrogen-bond donors (Lipinski definition) is 2. The van der Waals surface area contributed by atoms with Crippen LogP contribution in [0.2, 0.25) is 0 Å². The molecule has 0 aliphatic heterocycles. The minimum atomic E-state index is -1.80. The van der Waals surface area contributed by atoms with Crippen molar-refractivity contribution in [3.05, 3.63) is 0 Å². The summed E-state index contributed by atoms with van der Waals surface area (Å²) in [6.07, 6.45) is -3.60. The summed E-state index contributed by atoms with van der Waals surface area (Å²) < 4.78 is 0. The molecule has 0 aliphatic rings. The number of hydrogen-bond acceptors (Lipinski definition) is 4. The molecule has 0 bridgehead atoms. The van der Waals surface area contributed by atoms with Crippen LogP contribution in [0.5, 0.6) is 0 Å². The molecule has 0 saturated carbocycles. The van der Waals surface area contributed by atoms with Crippen molar-refractivity contribution >= 4 is 71.4 Å². The standard InChI is InChI=1S/C2H2O6.2Na.2H/c3-1(4)7-8-2(5)6;;;;/h(H,3,4)(H,5,6);;;;. The summed E-state index contributed by atoms with van der Waals surface area (Å²) in [5, 5.41) is 15.1. The van der Waals surface area contributed by atoms with Crippen LogP contribution in [0.3, 0.4) is 0 Å². The van der Waals surface area contributed by atoms with Crippen LogP contribution >= 0.6 is 0 Å². The zero-order valence-electron chi connectivity index (χ0n) is 3.53. The van der Waals surface area contributed by atoms with E-state index in [0.717, 1.165) is 0 Å². The second-order valence-corrected chi connectivity index (χ2v) is 0.698. The molecule has 0 spiro atoms. The fourth-order valence-corrected chi connectivity index (χ4v) is 0.0713. The molecular weight excluding hydrogens is 166 g/mol. The van der Waals surface area contributed by atoms with Crippen molar-refractivity contribution in [1.82, 2.24) is 0 Å². The van der Waals surface area contributed by atoms with Crippen LogP contribution in [-0.2, 0) is 9.78 Å². The Morgan fingerprint density at radius 3 is 1.20 bits per heavy atom. The second kappa shape index (κ2) is 9.54. The first-order valence-electron chi connectivity index (χ1n) is 1.43. The molecule has 2 N–H and O–H groups in total. The molecule has 6 nitrogen and oxygen atoms in total. The van der Waals surface area contributed by atoms with Gasteiger partial charge in [0.05, 0.1) is 0 Å². The number of rotatable bonds is 0. The van der Waals surface area contributed by atoms with Gasteiger partial charge in [0.25, 0.3) is 0 Å². The molecule has 0 saturated heterocycles. The molecule has 0 aliphatic carbocycles. The molecule has 0 unspecified atom stereocenters. The number of carbonyl (C=O) groups is 2. The maximum atomic E-state index is 9.29. The Morgan fingerprint density at radius 1 is 0.900 bits per heavy atom. The normalized spacial score (nSPS) is 6.00. The molecule has 0 aromatic rings. The SMILES string of the molecule is O=C(O)OOC(=O)O.[NaH].[NaH]. The molecule has 0 heterocycles. The van der Waals surface area contributed by atoms with Crippen molar-refractivity contribution < 1.29 is 29.6 Å². The van der Waals surface area contributed by atoms with Crippen molar-refractivity contribution in [1.29, 1.82) is 0 Å². The van der Waals surface area contributed by atoms with Crippen molar-refractivity contribution in [3.8, 4) is 0 Å². The average Bonchev–Trinajstić information content (AvgIpc) is 1.61. The first kappa shape index (κ1) is 16.9. The van der Waals surface area contributed by atoms with E-state index in [1.807, 2.05) is 0 Å². The van der Waals surface area contributed by atoms with E-state index in [1.54, 1.807) is 0 Å². The zero-order valence-corrected chi connectivity index (χ0v) is 3.53. The Hall–Kier alpha value is 0.540. The van der Waals surface area contributed by atoms with E-state index < -0.39 is 12.3 Å².